The molecular weight excluding hydrogens is 247 g/mol. The molecule has 88 valence electrons. The topological polar surface area (TPSA) is 41.1 Å². The number of rotatable bonds is 2. The molecule has 0 aliphatic rings. The van der Waals surface area contributed by atoms with Crippen molar-refractivity contribution in [1.29, 1.82) is 0 Å². The fourth-order valence-corrected chi connectivity index (χ4v) is 1.86. The Hall–Kier alpha value is -0.930. The van der Waals surface area contributed by atoms with Crippen LogP contribution in [0.25, 0.3) is 0 Å². The van der Waals surface area contributed by atoms with Crippen molar-refractivity contribution in [3.8, 4) is 0 Å². The van der Waals surface area contributed by atoms with Crippen LogP contribution >= 0.6 is 23.2 Å². The van der Waals surface area contributed by atoms with Crippen LogP contribution in [0.5, 0.6) is 0 Å². The van der Waals surface area contributed by atoms with Crippen LogP contribution in [0.4, 0.5) is 4.79 Å². The monoisotopic (exact) mass is 260 g/mol. The Labute approximate surface area is 105 Å². The maximum Gasteiger partial charge on any atom is 0.315 e. The summed E-state index contributed by atoms with van der Waals surface area (Å²) in [4.78, 5) is 11.3. The first kappa shape index (κ1) is 13.1. The molecule has 0 saturated carbocycles. The molecule has 1 aromatic rings. The number of halogens is 2. The summed E-state index contributed by atoms with van der Waals surface area (Å²) in [6.07, 6.45) is 0. The quantitative estimate of drug-likeness (QED) is 0.843. The van der Waals surface area contributed by atoms with E-state index in [9.17, 15) is 4.79 Å². The van der Waals surface area contributed by atoms with Crippen LogP contribution in [0.1, 0.15) is 19.4 Å². The molecule has 2 amide bonds. The van der Waals surface area contributed by atoms with Gasteiger partial charge in [0.25, 0.3) is 0 Å². The Kier molecular flexibility index (Phi) is 4.05. The maximum atomic E-state index is 11.3. The van der Waals surface area contributed by atoms with E-state index in [2.05, 4.69) is 10.6 Å². The van der Waals surface area contributed by atoms with Crippen molar-refractivity contribution in [2.45, 2.75) is 19.4 Å². The molecular formula is C11H14Cl2N2O. The van der Waals surface area contributed by atoms with E-state index in [1.807, 2.05) is 13.8 Å². The zero-order chi connectivity index (χ0) is 12.3. The van der Waals surface area contributed by atoms with Crippen molar-refractivity contribution in [3.63, 3.8) is 0 Å². The summed E-state index contributed by atoms with van der Waals surface area (Å²) in [7, 11) is 1.57. The molecule has 0 aromatic heterocycles. The van der Waals surface area contributed by atoms with Crippen molar-refractivity contribution in [2.75, 3.05) is 7.05 Å². The number of hydrogen-bond acceptors (Lipinski definition) is 1. The van der Waals surface area contributed by atoms with Gasteiger partial charge in [0.15, 0.2) is 0 Å². The van der Waals surface area contributed by atoms with Crippen molar-refractivity contribution in [3.05, 3.63) is 33.8 Å². The van der Waals surface area contributed by atoms with E-state index in [-0.39, 0.29) is 6.03 Å². The first-order valence-corrected chi connectivity index (χ1v) is 5.57. The van der Waals surface area contributed by atoms with Crippen LogP contribution in [0.2, 0.25) is 10.0 Å². The smallest absolute Gasteiger partial charge is 0.315 e. The van der Waals surface area contributed by atoms with Gasteiger partial charge >= 0.3 is 6.03 Å². The second-order valence-corrected chi connectivity index (χ2v) is 4.86. The lowest BCUT2D eigenvalue weighted by Crippen LogP contribution is -2.45. The first-order valence-electron chi connectivity index (χ1n) is 4.81. The Balaban J connectivity index is 3.01. The highest BCUT2D eigenvalue weighted by molar-refractivity contribution is 6.34. The minimum Gasteiger partial charge on any atom is -0.341 e. The Morgan fingerprint density at radius 1 is 1.19 bits per heavy atom. The average molecular weight is 261 g/mol. The molecule has 0 aliphatic heterocycles. The van der Waals surface area contributed by atoms with Gasteiger partial charge in [0.1, 0.15) is 0 Å². The fourth-order valence-electron chi connectivity index (χ4n) is 1.33. The summed E-state index contributed by atoms with van der Waals surface area (Å²) >= 11 is 11.8. The van der Waals surface area contributed by atoms with Crippen LogP contribution < -0.4 is 10.6 Å². The van der Waals surface area contributed by atoms with Gasteiger partial charge in [0.05, 0.1) is 5.54 Å². The van der Waals surface area contributed by atoms with Crippen molar-refractivity contribution in [2.24, 2.45) is 0 Å². The van der Waals surface area contributed by atoms with Gasteiger partial charge in [-0.1, -0.05) is 23.2 Å². The van der Waals surface area contributed by atoms with Crippen LogP contribution in [-0.4, -0.2) is 13.1 Å². The number of nitrogens with one attached hydrogen (secondary N) is 2. The van der Waals surface area contributed by atoms with Crippen LogP contribution in [0.15, 0.2) is 18.2 Å². The van der Waals surface area contributed by atoms with Gasteiger partial charge in [0.2, 0.25) is 0 Å². The maximum absolute atomic E-state index is 11.3. The van der Waals surface area contributed by atoms with E-state index < -0.39 is 5.54 Å². The van der Waals surface area contributed by atoms with E-state index in [1.54, 1.807) is 25.2 Å². The zero-order valence-corrected chi connectivity index (χ0v) is 10.9. The summed E-state index contributed by atoms with van der Waals surface area (Å²) in [5.41, 5.74) is 0.322. The van der Waals surface area contributed by atoms with E-state index in [0.29, 0.717) is 10.0 Å². The normalized spacial score (nSPS) is 11.1. The van der Waals surface area contributed by atoms with E-state index in [1.165, 1.54) is 0 Å². The summed E-state index contributed by atoms with van der Waals surface area (Å²) in [6, 6.07) is 4.97. The summed E-state index contributed by atoms with van der Waals surface area (Å²) < 4.78 is 0. The molecule has 2 N–H and O–H groups in total. The van der Waals surface area contributed by atoms with Gasteiger partial charge in [0, 0.05) is 17.1 Å². The van der Waals surface area contributed by atoms with Gasteiger partial charge in [-0.05, 0) is 37.6 Å². The highest BCUT2D eigenvalue weighted by Crippen LogP contribution is 2.27. The second kappa shape index (κ2) is 4.93. The largest absolute Gasteiger partial charge is 0.341 e. The SMILES string of the molecule is CNC(=O)NC(C)(C)c1cc(Cl)cc(Cl)c1. The van der Waals surface area contributed by atoms with Gasteiger partial charge in [-0.2, -0.15) is 0 Å². The molecule has 0 saturated heterocycles. The predicted octanol–water partition coefficient (Wildman–Crippen LogP) is 3.16. The molecule has 1 aromatic carbocycles. The number of urea groups is 1. The Bertz CT molecular complexity index is 385. The predicted molar refractivity (Wildman–Crippen MR) is 67.1 cm³/mol. The molecule has 0 bridgehead atoms. The van der Waals surface area contributed by atoms with Crippen molar-refractivity contribution < 1.29 is 4.79 Å². The lowest BCUT2D eigenvalue weighted by atomic mass is 9.94. The van der Waals surface area contributed by atoms with Gasteiger partial charge in [-0.15, -0.1) is 0 Å². The van der Waals surface area contributed by atoms with Crippen molar-refractivity contribution >= 4 is 29.2 Å². The number of carbonyl (C=O) groups is 1. The molecule has 0 atom stereocenters. The van der Waals surface area contributed by atoms with Crippen molar-refractivity contribution in [1.82, 2.24) is 10.6 Å². The summed E-state index contributed by atoms with van der Waals surface area (Å²) in [5.74, 6) is 0. The van der Waals surface area contributed by atoms with Crippen LogP contribution in [0, 0.1) is 0 Å². The standard InChI is InChI=1S/C11H14Cl2N2O/c1-11(2,15-10(16)14-3)7-4-8(12)6-9(13)5-7/h4-6H,1-3H3,(H2,14,15,16). The second-order valence-electron chi connectivity index (χ2n) is 3.99. The Morgan fingerprint density at radius 2 is 1.69 bits per heavy atom. The van der Waals surface area contributed by atoms with Gasteiger partial charge < -0.3 is 10.6 Å². The molecule has 3 nitrogen and oxygen atoms in total. The number of amides is 2. The van der Waals surface area contributed by atoms with E-state index in [0.717, 1.165) is 5.56 Å². The molecule has 1 rings (SSSR count). The third kappa shape index (κ3) is 3.29. The number of benzene rings is 1. The molecule has 0 heterocycles. The zero-order valence-electron chi connectivity index (χ0n) is 9.40. The first-order chi connectivity index (χ1) is 7.35. The molecule has 0 unspecified atom stereocenters. The number of hydrogen-bond donors (Lipinski definition) is 2. The summed E-state index contributed by atoms with van der Waals surface area (Å²) in [5, 5.41) is 6.41. The van der Waals surface area contributed by atoms with Gasteiger partial charge in [-0.3, -0.25) is 0 Å². The van der Waals surface area contributed by atoms with E-state index in [4.69, 9.17) is 23.2 Å². The third-order valence-corrected chi connectivity index (χ3v) is 2.67. The minimum absolute atomic E-state index is 0.249. The highest BCUT2D eigenvalue weighted by Gasteiger charge is 2.23. The molecule has 16 heavy (non-hydrogen) atoms. The lowest BCUT2D eigenvalue weighted by Gasteiger charge is -2.27. The molecule has 0 aliphatic carbocycles. The molecule has 0 fully saturated rings. The van der Waals surface area contributed by atoms with Gasteiger partial charge in [-0.25, -0.2) is 4.79 Å². The summed E-state index contributed by atoms with van der Waals surface area (Å²) in [6.45, 7) is 3.76. The average Bonchev–Trinajstić information content (AvgIpc) is 2.15. The van der Waals surface area contributed by atoms with Crippen LogP contribution in [-0.2, 0) is 5.54 Å². The van der Waals surface area contributed by atoms with E-state index >= 15 is 0 Å². The lowest BCUT2D eigenvalue weighted by molar-refractivity contribution is 0.232. The molecule has 0 spiro atoms. The fraction of sp³-hybridized carbons (Fsp3) is 0.364. The molecule has 0 radical (unpaired) electrons. The number of carbonyl (C=O) groups excluding carboxylic acids is 1. The van der Waals surface area contributed by atoms with Crippen LogP contribution in [0.3, 0.4) is 0 Å². The highest BCUT2D eigenvalue weighted by atomic mass is 35.5. The molecule has 5 heteroatoms. The minimum atomic E-state index is -0.533. The third-order valence-electron chi connectivity index (χ3n) is 2.24. The Morgan fingerprint density at radius 3 is 2.12 bits per heavy atom.